The fourth-order valence-corrected chi connectivity index (χ4v) is 2.56. The number of fused-ring (bicyclic) bond motifs is 1. The molecule has 0 radical (unpaired) electrons. The summed E-state index contributed by atoms with van der Waals surface area (Å²) in [5.41, 5.74) is 1.98. The van der Waals surface area contributed by atoms with Gasteiger partial charge in [-0.15, -0.1) is 0 Å². The van der Waals surface area contributed by atoms with Crippen molar-refractivity contribution in [1.29, 1.82) is 0 Å². The molecule has 1 aromatic heterocycles. The van der Waals surface area contributed by atoms with Crippen molar-refractivity contribution in [1.82, 2.24) is 4.57 Å². The largest absolute Gasteiger partial charge is 0.310 e. The molecule has 98 valence electrons. The average molecular weight is 263 g/mol. The summed E-state index contributed by atoms with van der Waals surface area (Å²) in [5.74, 6) is 0. The Morgan fingerprint density at radius 3 is 2.15 bits per heavy atom. The molecule has 0 aliphatic rings. The summed E-state index contributed by atoms with van der Waals surface area (Å²) >= 11 is 0. The molecule has 3 rings (SSSR count). The number of carbonyl (C=O) groups is 1. The molecule has 0 spiro atoms. The van der Waals surface area contributed by atoms with Crippen LogP contribution in [0.3, 0.4) is 0 Å². The Bertz CT molecular complexity index is 848. The first kappa shape index (κ1) is 12.4. The first-order valence-electron chi connectivity index (χ1n) is 6.36. The fraction of sp³-hybridized carbons (Fsp3) is 0.0588. The van der Waals surface area contributed by atoms with E-state index in [-0.39, 0.29) is 5.56 Å². The first-order valence-corrected chi connectivity index (χ1v) is 6.36. The lowest BCUT2D eigenvalue weighted by molar-refractivity contribution is 0.112. The maximum absolute atomic E-state index is 12.4. The van der Waals surface area contributed by atoms with Gasteiger partial charge in [-0.2, -0.15) is 0 Å². The van der Waals surface area contributed by atoms with Crippen molar-refractivity contribution in [3.8, 4) is 11.3 Å². The second-order valence-electron chi connectivity index (χ2n) is 4.66. The number of pyridine rings is 1. The quantitative estimate of drug-likeness (QED) is 0.667. The van der Waals surface area contributed by atoms with E-state index in [9.17, 15) is 9.59 Å². The SMILES string of the molecule is Cn1c(-c2ccccc2)c(C=O)c2ccccc2c1=O. The van der Waals surface area contributed by atoms with Gasteiger partial charge < -0.3 is 4.57 Å². The molecular weight excluding hydrogens is 250 g/mol. The number of aldehydes is 1. The molecule has 0 amide bonds. The van der Waals surface area contributed by atoms with Crippen molar-refractivity contribution in [2.45, 2.75) is 0 Å². The molecule has 0 aliphatic heterocycles. The lowest BCUT2D eigenvalue weighted by atomic mass is 10.00. The third-order valence-corrected chi connectivity index (χ3v) is 3.51. The van der Waals surface area contributed by atoms with E-state index in [2.05, 4.69) is 0 Å². The zero-order valence-electron chi connectivity index (χ0n) is 11.0. The van der Waals surface area contributed by atoms with Gasteiger partial charge in [0, 0.05) is 18.0 Å². The van der Waals surface area contributed by atoms with E-state index in [0.717, 1.165) is 11.8 Å². The molecule has 0 unspecified atom stereocenters. The van der Waals surface area contributed by atoms with Gasteiger partial charge in [-0.1, -0.05) is 48.5 Å². The topological polar surface area (TPSA) is 39.1 Å². The van der Waals surface area contributed by atoms with Crippen molar-refractivity contribution in [3.05, 3.63) is 70.5 Å². The van der Waals surface area contributed by atoms with Crippen LogP contribution < -0.4 is 5.56 Å². The minimum absolute atomic E-state index is 0.0925. The Morgan fingerprint density at radius 1 is 0.900 bits per heavy atom. The van der Waals surface area contributed by atoms with E-state index in [4.69, 9.17) is 0 Å². The van der Waals surface area contributed by atoms with Crippen LogP contribution in [0.1, 0.15) is 10.4 Å². The molecule has 20 heavy (non-hydrogen) atoms. The molecule has 0 fully saturated rings. The highest BCUT2D eigenvalue weighted by Crippen LogP contribution is 2.26. The summed E-state index contributed by atoms with van der Waals surface area (Å²) in [6.07, 6.45) is 0.824. The second-order valence-corrected chi connectivity index (χ2v) is 4.66. The highest BCUT2D eigenvalue weighted by molar-refractivity contribution is 6.03. The molecule has 0 bridgehead atoms. The Balaban J connectivity index is 2.52. The minimum atomic E-state index is -0.0925. The number of nitrogens with zero attached hydrogens (tertiary/aromatic N) is 1. The molecule has 0 saturated heterocycles. The Labute approximate surface area is 116 Å². The summed E-state index contributed by atoms with van der Waals surface area (Å²) in [7, 11) is 1.70. The monoisotopic (exact) mass is 263 g/mol. The first-order chi connectivity index (χ1) is 9.74. The average Bonchev–Trinajstić information content (AvgIpc) is 2.51. The third kappa shape index (κ3) is 1.75. The van der Waals surface area contributed by atoms with Crippen LogP contribution in [0.15, 0.2) is 59.4 Å². The van der Waals surface area contributed by atoms with Crippen molar-refractivity contribution in [2.24, 2.45) is 7.05 Å². The molecule has 0 aliphatic carbocycles. The van der Waals surface area contributed by atoms with Crippen LogP contribution in [0.25, 0.3) is 22.0 Å². The number of hydrogen-bond acceptors (Lipinski definition) is 2. The van der Waals surface area contributed by atoms with Crippen molar-refractivity contribution >= 4 is 17.1 Å². The van der Waals surface area contributed by atoms with Crippen LogP contribution in [0.5, 0.6) is 0 Å². The predicted octanol–water partition coefficient (Wildman–Crippen LogP) is 3.02. The summed E-state index contributed by atoms with van der Waals surface area (Å²) in [4.78, 5) is 24.0. The fourth-order valence-electron chi connectivity index (χ4n) is 2.56. The van der Waals surface area contributed by atoms with Gasteiger partial charge in [0.1, 0.15) is 0 Å². The highest BCUT2D eigenvalue weighted by Gasteiger charge is 2.15. The maximum Gasteiger partial charge on any atom is 0.258 e. The standard InChI is InChI=1S/C17H13NO2/c1-18-16(12-7-3-2-4-8-12)15(11-19)13-9-5-6-10-14(13)17(18)20/h2-11H,1H3. The maximum atomic E-state index is 12.4. The van der Waals surface area contributed by atoms with Crippen LogP contribution in [0.4, 0.5) is 0 Å². The molecule has 0 atom stereocenters. The van der Waals surface area contributed by atoms with Gasteiger partial charge >= 0.3 is 0 Å². The van der Waals surface area contributed by atoms with E-state index < -0.39 is 0 Å². The smallest absolute Gasteiger partial charge is 0.258 e. The predicted molar refractivity (Wildman–Crippen MR) is 80.0 cm³/mol. The number of carbonyl (C=O) groups excluding carboxylic acids is 1. The normalized spacial score (nSPS) is 10.7. The number of benzene rings is 2. The van der Waals surface area contributed by atoms with Gasteiger partial charge in [-0.3, -0.25) is 9.59 Å². The van der Waals surface area contributed by atoms with Crippen molar-refractivity contribution < 1.29 is 4.79 Å². The number of rotatable bonds is 2. The summed E-state index contributed by atoms with van der Waals surface area (Å²) in [6.45, 7) is 0. The van der Waals surface area contributed by atoms with Gasteiger partial charge in [0.2, 0.25) is 0 Å². The number of hydrogen-bond donors (Lipinski definition) is 0. The Morgan fingerprint density at radius 2 is 1.50 bits per heavy atom. The van der Waals surface area contributed by atoms with Gasteiger partial charge in [0.25, 0.3) is 5.56 Å². The molecule has 0 N–H and O–H groups in total. The third-order valence-electron chi connectivity index (χ3n) is 3.51. The summed E-state index contributed by atoms with van der Waals surface area (Å²) in [6, 6.07) is 16.7. The number of aromatic nitrogens is 1. The van der Waals surface area contributed by atoms with E-state index in [1.165, 1.54) is 0 Å². The van der Waals surface area contributed by atoms with Crippen LogP contribution in [-0.2, 0) is 7.05 Å². The van der Waals surface area contributed by atoms with E-state index in [1.54, 1.807) is 23.7 Å². The zero-order valence-corrected chi connectivity index (χ0v) is 11.0. The van der Waals surface area contributed by atoms with Crippen LogP contribution >= 0.6 is 0 Å². The van der Waals surface area contributed by atoms with E-state index >= 15 is 0 Å². The highest BCUT2D eigenvalue weighted by atomic mass is 16.1. The lowest BCUT2D eigenvalue weighted by Crippen LogP contribution is -2.20. The van der Waals surface area contributed by atoms with Crippen molar-refractivity contribution in [3.63, 3.8) is 0 Å². The van der Waals surface area contributed by atoms with Gasteiger partial charge in [-0.25, -0.2) is 0 Å². The second kappa shape index (κ2) is 4.78. The summed E-state index contributed by atoms with van der Waals surface area (Å²) in [5, 5.41) is 1.27. The van der Waals surface area contributed by atoms with Crippen LogP contribution in [0, 0.1) is 0 Å². The van der Waals surface area contributed by atoms with E-state index in [1.807, 2.05) is 42.5 Å². The van der Waals surface area contributed by atoms with Crippen LogP contribution in [0.2, 0.25) is 0 Å². The van der Waals surface area contributed by atoms with Gasteiger partial charge in [0.05, 0.1) is 5.69 Å². The lowest BCUT2D eigenvalue weighted by Gasteiger charge is -2.13. The molecule has 2 aromatic carbocycles. The van der Waals surface area contributed by atoms with Gasteiger partial charge in [-0.05, 0) is 17.0 Å². The minimum Gasteiger partial charge on any atom is -0.310 e. The molecule has 3 heteroatoms. The van der Waals surface area contributed by atoms with Crippen molar-refractivity contribution in [2.75, 3.05) is 0 Å². The Kier molecular flexibility index (Phi) is 2.95. The van der Waals surface area contributed by atoms with Gasteiger partial charge in [0.15, 0.2) is 6.29 Å². The zero-order chi connectivity index (χ0) is 14.1. The molecular formula is C17H13NO2. The van der Waals surface area contributed by atoms with Crippen LogP contribution in [-0.4, -0.2) is 10.9 Å². The molecule has 1 heterocycles. The molecule has 3 nitrogen and oxygen atoms in total. The Hall–Kier alpha value is -2.68. The van der Waals surface area contributed by atoms with E-state index in [0.29, 0.717) is 22.0 Å². The molecule has 0 saturated carbocycles. The summed E-state index contributed by atoms with van der Waals surface area (Å²) < 4.78 is 1.54. The molecule has 3 aromatic rings.